The van der Waals surface area contributed by atoms with Crippen molar-refractivity contribution in [2.45, 2.75) is 39.0 Å². The first-order valence-electron chi connectivity index (χ1n) is 8.52. The van der Waals surface area contributed by atoms with Gasteiger partial charge in [0.2, 0.25) is 0 Å². The lowest BCUT2D eigenvalue weighted by Crippen LogP contribution is -2.18. The van der Waals surface area contributed by atoms with Crippen molar-refractivity contribution in [1.29, 1.82) is 0 Å². The van der Waals surface area contributed by atoms with Crippen LogP contribution < -0.4 is 15.8 Å². The molecule has 26 heavy (non-hydrogen) atoms. The summed E-state index contributed by atoms with van der Waals surface area (Å²) in [5.74, 6) is -0.285. The molecular formula is C19H21BrN2O3S. The van der Waals surface area contributed by atoms with Crippen LogP contribution in [0.25, 0.3) is 0 Å². The molecule has 0 radical (unpaired) electrons. The zero-order valence-electron chi connectivity index (χ0n) is 14.8. The molecular weight excluding hydrogens is 416 g/mol. The highest BCUT2D eigenvalue weighted by atomic mass is 79.9. The predicted octanol–water partition coefficient (Wildman–Crippen LogP) is 4.45. The zero-order valence-corrected chi connectivity index (χ0v) is 17.2. The summed E-state index contributed by atoms with van der Waals surface area (Å²) in [4.78, 5) is 26.1. The average Bonchev–Trinajstić information content (AvgIpc) is 2.75. The third-order valence-electron chi connectivity index (χ3n) is 4.58. The summed E-state index contributed by atoms with van der Waals surface area (Å²) >= 11 is 4.88. The molecule has 0 fully saturated rings. The van der Waals surface area contributed by atoms with Crippen LogP contribution in [-0.4, -0.2) is 18.9 Å². The molecule has 0 saturated heterocycles. The summed E-state index contributed by atoms with van der Waals surface area (Å²) in [6.07, 6.45) is 5.04. The molecule has 0 saturated carbocycles. The lowest BCUT2D eigenvalue weighted by Gasteiger charge is -2.12. The van der Waals surface area contributed by atoms with Gasteiger partial charge in [-0.1, -0.05) is 22.4 Å². The highest BCUT2D eigenvalue weighted by Gasteiger charge is 2.25. The van der Waals surface area contributed by atoms with Gasteiger partial charge in [-0.3, -0.25) is 9.59 Å². The van der Waals surface area contributed by atoms with Gasteiger partial charge in [0.05, 0.1) is 18.2 Å². The van der Waals surface area contributed by atoms with Gasteiger partial charge in [0.15, 0.2) is 0 Å². The van der Waals surface area contributed by atoms with Crippen molar-refractivity contribution in [3.63, 3.8) is 0 Å². The van der Waals surface area contributed by atoms with Gasteiger partial charge in [-0.05, 0) is 55.9 Å². The Morgan fingerprint density at radius 3 is 2.65 bits per heavy atom. The molecule has 1 aliphatic rings. The predicted molar refractivity (Wildman–Crippen MR) is 107 cm³/mol. The number of aryl methyl sites for hydroxylation is 2. The quantitative estimate of drug-likeness (QED) is 0.694. The summed E-state index contributed by atoms with van der Waals surface area (Å²) in [6, 6.07) is 3.60. The van der Waals surface area contributed by atoms with Crippen LogP contribution in [0.3, 0.4) is 0 Å². The number of primary amides is 1. The van der Waals surface area contributed by atoms with Crippen LogP contribution in [0.1, 0.15) is 56.0 Å². The standard InChI is InChI=1S/C19H21BrN2O3S/c1-10-8-11(20)9-13(16(10)25-2)18(24)22-19-15(17(21)23)12-6-4-3-5-7-14(12)26-19/h8-9H,3-7H2,1-2H3,(H2,21,23)(H,22,24). The second-order valence-corrected chi connectivity index (χ2v) is 8.41. The van der Waals surface area contributed by atoms with E-state index in [9.17, 15) is 9.59 Å². The number of amides is 2. The Balaban J connectivity index is 1.99. The number of hydrogen-bond donors (Lipinski definition) is 2. The Morgan fingerprint density at radius 1 is 1.23 bits per heavy atom. The lowest BCUT2D eigenvalue weighted by molar-refractivity contribution is 0.100. The van der Waals surface area contributed by atoms with Crippen LogP contribution in [0.4, 0.5) is 5.00 Å². The molecule has 3 rings (SSSR count). The number of thiophene rings is 1. The lowest BCUT2D eigenvalue weighted by atomic mass is 10.0. The SMILES string of the molecule is COc1c(C)cc(Br)cc1C(=O)Nc1sc2c(c1C(N)=O)CCCCC2. The molecule has 138 valence electrons. The molecule has 2 amide bonds. The Hall–Kier alpha value is -1.86. The minimum atomic E-state index is -0.489. The molecule has 0 atom stereocenters. The minimum absolute atomic E-state index is 0.315. The molecule has 1 aliphatic carbocycles. The maximum atomic E-state index is 12.9. The molecule has 7 heteroatoms. The smallest absolute Gasteiger partial charge is 0.260 e. The van der Waals surface area contributed by atoms with E-state index in [0.29, 0.717) is 21.9 Å². The number of hydrogen-bond acceptors (Lipinski definition) is 4. The van der Waals surface area contributed by atoms with Crippen molar-refractivity contribution in [3.8, 4) is 5.75 Å². The maximum absolute atomic E-state index is 12.9. The zero-order chi connectivity index (χ0) is 18.8. The van der Waals surface area contributed by atoms with Crippen molar-refractivity contribution in [3.05, 3.63) is 43.7 Å². The van der Waals surface area contributed by atoms with E-state index in [-0.39, 0.29) is 5.91 Å². The van der Waals surface area contributed by atoms with Crippen LogP contribution in [-0.2, 0) is 12.8 Å². The van der Waals surface area contributed by atoms with Gasteiger partial charge in [0, 0.05) is 9.35 Å². The van der Waals surface area contributed by atoms with Crippen LogP contribution in [0, 0.1) is 6.92 Å². The van der Waals surface area contributed by atoms with E-state index < -0.39 is 5.91 Å². The Morgan fingerprint density at radius 2 is 1.96 bits per heavy atom. The summed E-state index contributed by atoms with van der Waals surface area (Å²) in [5.41, 5.74) is 8.37. The first kappa shape index (κ1) is 18.9. The van der Waals surface area contributed by atoms with Gasteiger partial charge < -0.3 is 15.8 Å². The second-order valence-electron chi connectivity index (χ2n) is 6.39. The van der Waals surface area contributed by atoms with Crippen molar-refractivity contribution < 1.29 is 14.3 Å². The molecule has 0 unspecified atom stereocenters. The van der Waals surface area contributed by atoms with Crippen LogP contribution in [0.15, 0.2) is 16.6 Å². The fraction of sp³-hybridized carbons (Fsp3) is 0.368. The molecule has 2 aromatic rings. The molecule has 0 spiro atoms. The topological polar surface area (TPSA) is 81.4 Å². The summed E-state index contributed by atoms with van der Waals surface area (Å²) in [5, 5.41) is 3.43. The fourth-order valence-electron chi connectivity index (χ4n) is 3.43. The van der Waals surface area contributed by atoms with Crippen molar-refractivity contribution in [2.24, 2.45) is 5.73 Å². The number of nitrogens with one attached hydrogen (secondary N) is 1. The van der Waals surface area contributed by atoms with E-state index in [1.165, 1.54) is 18.4 Å². The molecule has 5 nitrogen and oxygen atoms in total. The van der Waals surface area contributed by atoms with Gasteiger partial charge in [-0.25, -0.2) is 0 Å². The second kappa shape index (κ2) is 7.80. The number of halogens is 1. The van der Waals surface area contributed by atoms with Crippen LogP contribution in [0.2, 0.25) is 0 Å². The summed E-state index contributed by atoms with van der Waals surface area (Å²) < 4.78 is 6.19. The number of carbonyl (C=O) groups excluding carboxylic acids is 2. The Bertz CT molecular complexity index is 876. The maximum Gasteiger partial charge on any atom is 0.260 e. The molecule has 1 aromatic carbocycles. The number of methoxy groups -OCH3 is 1. The van der Waals surface area contributed by atoms with Crippen molar-refractivity contribution in [1.82, 2.24) is 0 Å². The molecule has 3 N–H and O–H groups in total. The number of benzene rings is 1. The van der Waals surface area contributed by atoms with E-state index in [4.69, 9.17) is 10.5 Å². The number of anilines is 1. The molecule has 1 aromatic heterocycles. The molecule has 0 bridgehead atoms. The highest BCUT2D eigenvalue weighted by Crippen LogP contribution is 2.38. The summed E-state index contributed by atoms with van der Waals surface area (Å²) in [6.45, 7) is 1.88. The first-order chi connectivity index (χ1) is 12.4. The van der Waals surface area contributed by atoms with Gasteiger partial charge in [0.25, 0.3) is 11.8 Å². The van der Waals surface area contributed by atoms with Gasteiger partial charge in [-0.2, -0.15) is 0 Å². The van der Waals surface area contributed by atoms with Gasteiger partial charge in [0.1, 0.15) is 10.8 Å². The third-order valence-corrected chi connectivity index (χ3v) is 6.25. The molecule has 0 aliphatic heterocycles. The Labute approximate surface area is 165 Å². The minimum Gasteiger partial charge on any atom is -0.496 e. The number of nitrogens with two attached hydrogens (primary N) is 1. The molecule has 1 heterocycles. The number of carbonyl (C=O) groups is 2. The number of fused-ring (bicyclic) bond motifs is 1. The average molecular weight is 437 g/mol. The summed E-state index contributed by atoms with van der Waals surface area (Å²) in [7, 11) is 1.54. The van der Waals surface area contributed by atoms with E-state index in [1.54, 1.807) is 6.07 Å². The van der Waals surface area contributed by atoms with Crippen molar-refractivity contribution >= 4 is 44.1 Å². The van der Waals surface area contributed by atoms with Crippen LogP contribution in [0.5, 0.6) is 5.75 Å². The Kier molecular flexibility index (Phi) is 5.67. The van der Waals surface area contributed by atoms with E-state index in [2.05, 4.69) is 21.2 Å². The van der Waals surface area contributed by atoms with E-state index in [1.807, 2.05) is 13.0 Å². The third kappa shape index (κ3) is 3.64. The largest absolute Gasteiger partial charge is 0.496 e. The number of ether oxygens (including phenoxy) is 1. The first-order valence-corrected chi connectivity index (χ1v) is 10.1. The highest BCUT2D eigenvalue weighted by molar-refractivity contribution is 9.10. The van der Waals surface area contributed by atoms with E-state index in [0.717, 1.165) is 52.6 Å². The van der Waals surface area contributed by atoms with Gasteiger partial charge in [-0.15, -0.1) is 11.3 Å². The number of rotatable bonds is 4. The van der Waals surface area contributed by atoms with E-state index >= 15 is 0 Å². The van der Waals surface area contributed by atoms with Gasteiger partial charge >= 0.3 is 0 Å². The normalized spacial score (nSPS) is 13.7. The van der Waals surface area contributed by atoms with Crippen LogP contribution >= 0.6 is 27.3 Å². The van der Waals surface area contributed by atoms with Crippen molar-refractivity contribution in [2.75, 3.05) is 12.4 Å². The monoisotopic (exact) mass is 436 g/mol. The fourth-order valence-corrected chi connectivity index (χ4v) is 5.29.